The molecule has 4 aromatic rings. The highest BCUT2D eigenvalue weighted by Gasteiger charge is 2.14. The van der Waals surface area contributed by atoms with Crippen LogP contribution in [0, 0.1) is 13.8 Å². The second-order valence-corrected chi connectivity index (χ2v) is 10.0. The van der Waals surface area contributed by atoms with E-state index >= 15 is 0 Å². The molecule has 9 heteroatoms. The van der Waals surface area contributed by atoms with Gasteiger partial charge in [0, 0.05) is 27.6 Å². The highest BCUT2D eigenvalue weighted by atomic mass is 79.9. The first kappa shape index (κ1) is 22.8. The van der Waals surface area contributed by atoms with E-state index in [0.717, 1.165) is 11.4 Å². The van der Waals surface area contributed by atoms with Crippen LogP contribution in [0.3, 0.4) is 0 Å². The summed E-state index contributed by atoms with van der Waals surface area (Å²) in [6.07, 6.45) is 0. The molecule has 0 bridgehead atoms. The summed E-state index contributed by atoms with van der Waals surface area (Å²) in [6, 6.07) is 23.4. The van der Waals surface area contributed by atoms with Gasteiger partial charge in [-0.3, -0.25) is 4.72 Å². The van der Waals surface area contributed by atoms with Gasteiger partial charge in [0.15, 0.2) is 0 Å². The van der Waals surface area contributed by atoms with Crippen LogP contribution >= 0.6 is 15.9 Å². The summed E-state index contributed by atoms with van der Waals surface area (Å²) < 4.78 is 28.5. The zero-order valence-electron chi connectivity index (χ0n) is 18.0. The van der Waals surface area contributed by atoms with Crippen molar-refractivity contribution in [3.05, 3.63) is 94.7 Å². The Morgan fingerprint density at radius 2 is 1.27 bits per heavy atom. The lowest BCUT2D eigenvalue weighted by molar-refractivity contribution is 0.601. The lowest BCUT2D eigenvalue weighted by atomic mass is 10.2. The smallest absolute Gasteiger partial charge is 0.261 e. The third-order valence-corrected chi connectivity index (χ3v) is 6.55. The van der Waals surface area contributed by atoms with Gasteiger partial charge < -0.3 is 10.6 Å². The molecule has 0 amide bonds. The van der Waals surface area contributed by atoms with Crippen LogP contribution in [0.25, 0.3) is 0 Å². The first-order valence-electron chi connectivity index (χ1n) is 10.1. The fraction of sp³-hybridized carbons (Fsp3) is 0.0833. The number of hydrogen-bond acceptors (Lipinski definition) is 6. The van der Waals surface area contributed by atoms with Gasteiger partial charge in [-0.15, -0.1) is 0 Å². The number of aromatic nitrogens is 2. The van der Waals surface area contributed by atoms with Gasteiger partial charge in [0.1, 0.15) is 17.5 Å². The number of halogens is 1. The molecule has 0 aliphatic carbocycles. The van der Waals surface area contributed by atoms with Crippen molar-refractivity contribution in [1.29, 1.82) is 0 Å². The summed E-state index contributed by atoms with van der Waals surface area (Å²) in [5.74, 6) is 1.92. The van der Waals surface area contributed by atoms with E-state index in [2.05, 4.69) is 41.3 Å². The fourth-order valence-electron chi connectivity index (χ4n) is 3.10. The van der Waals surface area contributed by atoms with Gasteiger partial charge in [-0.05, 0) is 68.4 Å². The second kappa shape index (κ2) is 9.60. The number of anilines is 5. The molecule has 0 saturated carbocycles. The summed E-state index contributed by atoms with van der Waals surface area (Å²) in [5.41, 5.74) is 3.34. The van der Waals surface area contributed by atoms with Crippen molar-refractivity contribution in [2.75, 3.05) is 15.4 Å². The molecule has 0 aliphatic heterocycles. The predicted octanol–water partition coefficient (Wildman–Crippen LogP) is 6.14. The number of nitrogens with zero attached hydrogens (tertiary/aromatic N) is 2. The minimum absolute atomic E-state index is 0.184. The Labute approximate surface area is 201 Å². The van der Waals surface area contributed by atoms with E-state index in [0.29, 0.717) is 27.6 Å². The second-order valence-electron chi connectivity index (χ2n) is 7.44. The maximum absolute atomic E-state index is 12.6. The summed E-state index contributed by atoms with van der Waals surface area (Å²) in [4.78, 5) is 9.06. The molecule has 0 fully saturated rings. The van der Waals surface area contributed by atoms with Crippen LogP contribution in [0.2, 0.25) is 0 Å². The Morgan fingerprint density at radius 1 is 0.727 bits per heavy atom. The van der Waals surface area contributed by atoms with Gasteiger partial charge >= 0.3 is 0 Å². The molecule has 4 rings (SSSR count). The van der Waals surface area contributed by atoms with Crippen molar-refractivity contribution >= 4 is 54.7 Å². The number of rotatable bonds is 7. The predicted molar refractivity (Wildman–Crippen MR) is 136 cm³/mol. The molecule has 0 atom stereocenters. The molecule has 1 heterocycles. The molecule has 3 aromatic carbocycles. The highest BCUT2D eigenvalue weighted by Crippen LogP contribution is 2.24. The normalized spacial score (nSPS) is 11.1. The van der Waals surface area contributed by atoms with Crippen molar-refractivity contribution in [3.63, 3.8) is 0 Å². The Kier molecular flexibility index (Phi) is 6.62. The Balaban J connectivity index is 1.46. The van der Waals surface area contributed by atoms with Crippen LogP contribution in [0.15, 0.2) is 88.2 Å². The van der Waals surface area contributed by atoms with E-state index in [4.69, 9.17) is 0 Å². The molecule has 33 heavy (non-hydrogen) atoms. The first-order chi connectivity index (χ1) is 15.8. The average Bonchev–Trinajstić information content (AvgIpc) is 2.76. The van der Waals surface area contributed by atoms with E-state index in [1.807, 2.05) is 44.2 Å². The molecule has 7 nitrogen and oxygen atoms in total. The molecular formula is C24H22BrN5O2S. The van der Waals surface area contributed by atoms with Gasteiger partial charge in [-0.1, -0.05) is 39.7 Å². The van der Waals surface area contributed by atoms with Crippen molar-refractivity contribution in [2.45, 2.75) is 18.7 Å². The first-order valence-corrected chi connectivity index (χ1v) is 12.4. The zero-order chi connectivity index (χ0) is 23.4. The topological polar surface area (TPSA) is 96.0 Å². The van der Waals surface area contributed by atoms with Crippen molar-refractivity contribution in [3.8, 4) is 0 Å². The molecular weight excluding hydrogens is 502 g/mol. The minimum Gasteiger partial charge on any atom is -0.340 e. The Bertz CT molecular complexity index is 1380. The van der Waals surface area contributed by atoms with E-state index in [1.165, 1.54) is 5.56 Å². The molecule has 168 valence electrons. The van der Waals surface area contributed by atoms with Gasteiger partial charge in [-0.2, -0.15) is 0 Å². The third-order valence-electron chi connectivity index (χ3n) is 4.68. The monoisotopic (exact) mass is 523 g/mol. The molecule has 1 aromatic heterocycles. The van der Waals surface area contributed by atoms with E-state index in [9.17, 15) is 8.42 Å². The van der Waals surface area contributed by atoms with Crippen LogP contribution in [0.5, 0.6) is 0 Å². The number of benzene rings is 3. The lowest BCUT2D eigenvalue weighted by Crippen LogP contribution is -2.12. The van der Waals surface area contributed by atoms with Crippen molar-refractivity contribution < 1.29 is 8.42 Å². The lowest BCUT2D eigenvalue weighted by Gasteiger charge is -2.12. The van der Waals surface area contributed by atoms with Gasteiger partial charge in [-0.25, -0.2) is 18.4 Å². The SMILES string of the molecule is Cc1ccc(Nc2cc(Nc3ccc(NS(=O)(=O)c4cccc(Br)c4)cc3)nc(C)n2)cc1. The maximum Gasteiger partial charge on any atom is 0.261 e. The van der Waals surface area contributed by atoms with Crippen molar-refractivity contribution in [1.82, 2.24) is 9.97 Å². The molecule has 3 N–H and O–H groups in total. The molecule has 0 radical (unpaired) electrons. The third kappa shape index (κ3) is 6.09. The maximum atomic E-state index is 12.6. The van der Waals surface area contributed by atoms with Gasteiger partial charge in [0.05, 0.1) is 4.90 Å². The summed E-state index contributed by atoms with van der Waals surface area (Å²) >= 11 is 3.30. The van der Waals surface area contributed by atoms with Crippen LogP contribution in [-0.4, -0.2) is 18.4 Å². The Hall–Kier alpha value is -3.43. The van der Waals surface area contributed by atoms with Gasteiger partial charge in [0.25, 0.3) is 10.0 Å². The number of aryl methyl sites for hydroxylation is 2. The number of hydrogen-bond donors (Lipinski definition) is 3. The van der Waals surface area contributed by atoms with Crippen molar-refractivity contribution in [2.24, 2.45) is 0 Å². The van der Waals surface area contributed by atoms with Crippen LogP contribution < -0.4 is 15.4 Å². The Morgan fingerprint density at radius 3 is 1.85 bits per heavy atom. The summed E-state index contributed by atoms with van der Waals surface area (Å²) in [6.45, 7) is 3.86. The van der Waals surface area contributed by atoms with Gasteiger partial charge in [0.2, 0.25) is 0 Å². The number of sulfonamides is 1. The quantitative estimate of drug-likeness (QED) is 0.269. The van der Waals surface area contributed by atoms with Crippen LogP contribution in [-0.2, 0) is 10.0 Å². The summed E-state index contributed by atoms with van der Waals surface area (Å²) in [7, 11) is -3.68. The van der Waals surface area contributed by atoms with Crippen LogP contribution in [0.4, 0.5) is 28.7 Å². The fourth-order valence-corrected chi connectivity index (χ4v) is 4.75. The molecule has 0 unspecified atom stereocenters. The molecule has 0 saturated heterocycles. The van der Waals surface area contributed by atoms with E-state index in [-0.39, 0.29) is 4.90 Å². The minimum atomic E-state index is -3.68. The molecule has 0 spiro atoms. The molecule has 0 aliphatic rings. The van der Waals surface area contributed by atoms with E-state index in [1.54, 1.807) is 48.5 Å². The highest BCUT2D eigenvalue weighted by molar-refractivity contribution is 9.10. The number of nitrogens with one attached hydrogen (secondary N) is 3. The average molecular weight is 524 g/mol. The largest absolute Gasteiger partial charge is 0.340 e. The summed E-state index contributed by atoms with van der Waals surface area (Å²) in [5, 5.41) is 6.52. The standard InChI is InChI=1S/C24H22BrN5O2S/c1-16-6-8-19(9-7-16)28-23-15-24(27-17(2)26-23)29-20-10-12-21(13-11-20)30-33(31,32)22-5-3-4-18(25)14-22/h3-15,30H,1-2H3,(H2,26,27,28,29). The van der Waals surface area contributed by atoms with Crippen LogP contribution in [0.1, 0.15) is 11.4 Å². The van der Waals surface area contributed by atoms with E-state index < -0.39 is 10.0 Å². The zero-order valence-corrected chi connectivity index (χ0v) is 20.4.